The highest BCUT2D eigenvalue weighted by atomic mass is 79.9. The van der Waals surface area contributed by atoms with E-state index in [1.807, 2.05) is 6.07 Å². The molecule has 0 heterocycles. The third kappa shape index (κ3) is 3.03. The van der Waals surface area contributed by atoms with E-state index in [2.05, 4.69) is 15.9 Å². The zero-order chi connectivity index (χ0) is 10.6. The number of halogens is 1. The van der Waals surface area contributed by atoms with Crippen LogP contribution < -0.4 is 9.47 Å². The molecular weight excluding hydrogens is 248 g/mol. The van der Waals surface area contributed by atoms with E-state index in [4.69, 9.17) is 9.47 Å². The summed E-state index contributed by atoms with van der Waals surface area (Å²) in [5.74, 6) is 1.30. The van der Waals surface area contributed by atoms with Crippen molar-refractivity contribution in [3.63, 3.8) is 0 Å². The first-order chi connectivity index (χ1) is 6.63. The number of carbonyl (C=O) groups excluding carboxylic acids is 1. The van der Waals surface area contributed by atoms with Crippen molar-refractivity contribution < 1.29 is 14.3 Å². The maximum Gasteiger partial charge on any atom is 0.167 e. The fourth-order valence-electron chi connectivity index (χ4n) is 0.915. The Balaban J connectivity index is 2.74. The van der Waals surface area contributed by atoms with Gasteiger partial charge in [0.1, 0.15) is 18.1 Å². The van der Waals surface area contributed by atoms with Gasteiger partial charge in [0, 0.05) is 6.07 Å². The molecule has 0 aliphatic carbocycles. The molecule has 0 amide bonds. The Morgan fingerprint density at radius 3 is 2.79 bits per heavy atom. The molecule has 0 N–H and O–H groups in total. The number of Topliss-reactive ketones (excluding diaryl/α,β-unsaturated/α-hetero) is 1. The summed E-state index contributed by atoms with van der Waals surface area (Å²) in [5.41, 5.74) is 0. The monoisotopic (exact) mass is 258 g/mol. The Hall–Kier alpha value is -1.03. The lowest BCUT2D eigenvalue weighted by Gasteiger charge is -2.07. The van der Waals surface area contributed by atoms with Gasteiger partial charge in [-0.3, -0.25) is 4.79 Å². The SMILES string of the molecule is COc1cc(OCC(C)=O)ccc1Br. The summed E-state index contributed by atoms with van der Waals surface area (Å²) in [5, 5.41) is 0. The van der Waals surface area contributed by atoms with Crippen molar-refractivity contribution in [1.82, 2.24) is 0 Å². The maximum absolute atomic E-state index is 10.7. The molecule has 0 aliphatic rings. The quantitative estimate of drug-likeness (QED) is 0.833. The Morgan fingerprint density at radius 1 is 1.50 bits per heavy atom. The lowest BCUT2D eigenvalue weighted by molar-refractivity contribution is -0.118. The van der Waals surface area contributed by atoms with E-state index >= 15 is 0 Å². The van der Waals surface area contributed by atoms with Crippen LogP contribution >= 0.6 is 15.9 Å². The summed E-state index contributed by atoms with van der Waals surface area (Å²) < 4.78 is 11.2. The summed E-state index contributed by atoms with van der Waals surface area (Å²) >= 11 is 3.32. The topological polar surface area (TPSA) is 35.5 Å². The first-order valence-electron chi connectivity index (χ1n) is 4.09. The van der Waals surface area contributed by atoms with E-state index in [-0.39, 0.29) is 12.4 Å². The van der Waals surface area contributed by atoms with E-state index < -0.39 is 0 Å². The number of benzene rings is 1. The average molecular weight is 259 g/mol. The highest BCUT2D eigenvalue weighted by Crippen LogP contribution is 2.28. The van der Waals surface area contributed by atoms with Gasteiger partial charge in [-0.05, 0) is 35.0 Å². The lowest BCUT2D eigenvalue weighted by Crippen LogP contribution is -2.06. The van der Waals surface area contributed by atoms with Gasteiger partial charge in [-0.25, -0.2) is 0 Å². The van der Waals surface area contributed by atoms with Gasteiger partial charge in [-0.1, -0.05) is 0 Å². The maximum atomic E-state index is 10.7. The van der Waals surface area contributed by atoms with E-state index in [1.54, 1.807) is 19.2 Å². The molecule has 4 heteroatoms. The normalized spacial score (nSPS) is 9.64. The van der Waals surface area contributed by atoms with Gasteiger partial charge in [-0.2, -0.15) is 0 Å². The van der Waals surface area contributed by atoms with Gasteiger partial charge >= 0.3 is 0 Å². The van der Waals surface area contributed by atoms with E-state index in [9.17, 15) is 4.79 Å². The van der Waals surface area contributed by atoms with Crippen LogP contribution in [0.15, 0.2) is 22.7 Å². The number of methoxy groups -OCH3 is 1. The Kier molecular flexibility index (Phi) is 3.95. The molecule has 0 spiro atoms. The second-order valence-electron chi connectivity index (χ2n) is 2.79. The van der Waals surface area contributed by atoms with Crippen LogP contribution in [-0.4, -0.2) is 19.5 Å². The smallest absolute Gasteiger partial charge is 0.167 e. The van der Waals surface area contributed by atoms with E-state index in [0.29, 0.717) is 11.5 Å². The first-order valence-corrected chi connectivity index (χ1v) is 4.88. The highest BCUT2D eigenvalue weighted by molar-refractivity contribution is 9.10. The Labute approximate surface area is 91.1 Å². The van der Waals surface area contributed by atoms with E-state index in [1.165, 1.54) is 6.92 Å². The molecule has 0 radical (unpaired) electrons. The van der Waals surface area contributed by atoms with Crippen molar-refractivity contribution >= 4 is 21.7 Å². The molecule has 1 rings (SSSR count). The molecule has 0 aliphatic heterocycles. The summed E-state index contributed by atoms with van der Waals surface area (Å²) in [6.45, 7) is 1.57. The molecule has 1 aromatic rings. The zero-order valence-corrected chi connectivity index (χ0v) is 9.63. The Morgan fingerprint density at radius 2 is 2.21 bits per heavy atom. The number of hydrogen-bond acceptors (Lipinski definition) is 3. The van der Waals surface area contributed by atoms with Gasteiger partial charge in [0.25, 0.3) is 0 Å². The molecule has 0 saturated carbocycles. The molecule has 0 unspecified atom stereocenters. The fraction of sp³-hybridized carbons (Fsp3) is 0.300. The minimum atomic E-state index is -0.00751. The zero-order valence-electron chi connectivity index (χ0n) is 8.04. The molecule has 14 heavy (non-hydrogen) atoms. The standard InChI is InChI=1S/C10H11BrO3/c1-7(12)6-14-8-3-4-9(11)10(5-8)13-2/h3-5H,6H2,1-2H3. The average Bonchev–Trinajstić information content (AvgIpc) is 2.16. The summed E-state index contributed by atoms with van der Waals surface area (Å²) in [4.78, 5) is 10.7. The van der Waals surface area contributed by atoms with Gasteiger partial charge in [0.15, 0.2) is 5.78 Å². The van der Waals surface area contributed by atoms with Crippen LogP contribution in [0.25, 0.3) is 0 Å². The predicted octanol–water partition coefficient (Wildman–Crippen LogP) is 2.43. The molecule has 0 aromatic heterocycles. The molecule has 1 aromatic carbocycles. The molecule has 0 saturated heterocycles. The van der Waals surface area contributed by atoms with Crippen LogP contribution in [0.3, 0.4) is 0 Å². The van der Waals surface area contributed by atoms with Crippen molar-refractivity contribution in [2.75, 3.05) is 13.7 Å². The second-order valence-corrected chi connectivity index (χ2v) is 3.64. The molecule has 0 fully saturated rings. The number of carbonyl (C=O) groups is 1. The highest BCUT2D eigenvalue weighted by Gasteiger charge is 2.02. The number of hydrogen-bond donors (Lipinski definition) is 0. The van der Waals surface area contributed by atoms with Crippen molar-refractivity contribution in [3.05, 3.63) is 22.7 Å². The van der Waals surface area contributed by atoms with Crippen molar-refractivity contribution in [1.29, 1.82) is 0 Å². The lowest BCUT2D eigenvalue weighted by atomic mass is 10.3. The molecule has 0 atom stereocenters. The second kappa shape index (κ2) is 5.00. The molecule has 3 nitrogen and oxygen atoms in total. The Bertz CT molecular complexity index is 336. The minimum Gasteiger partial charge on any atom is -0.495 e. The van der Waals surface area contributed by atoms with Gasteiger partial charge < -0.3 is 9.47 Å². The predicted molar refractivity (Wildman–Crippen MR) is 56.9 cm³/mol. The molecule has 0 bridgehead atoms. The van der Waals surface area contributed by atoms with Crippen molar-refractivity contribution in [3.8, 4) is 11.5 Å². The largest absolute Gasteiger partial charge is 0.495 e. The van der Waals surface area contributed by atoms with Crippen LogP contribution in [0.4, 0.5) is 0 Å². The van der Waals surface area contributed by atoms with Crippen LogP contribution in [-0.2, 0) is 4.79 Å². The minimum absolute atomic E-state index is 0.00751. The fourth-order valence-corrected chi connectivity index (χ4v) is 1.32. The van der Waals surface area contributed by atoms with Gasteiger partial charge in [0.05, 0.1) is 11.6 Å². The van der Waals surface area contributed by atoms with Crippen molar-refractivity contribution in [2.24, 2.45) is 0 Å². The van der Waals surface area contributed by atoms with Crippen LogP contribution in [0.5, 0.6) is 11.5 Å². The summed E-state index contributed by atoms with van der Waals surface area (Å²) in [6, 6.07) is 5.32. The van der Waals surface area contributed by atoms with E-state index in [0.717, 1.165) is 4.47 Å². The van der Waals surface area contributed by atoms with Crippen molar-refractivity contribution in [2.45, 2.75) is 6.92 Å². The van der Waals surface area contributed by atoms with Gasteiger partial charge in [-0.15, -0.1) is 0 Å². The van der Waals surface area contributed by atoms with Crippen LogP contribution in [0.2, 0.25) is 0 Å². The summed E-state index contributed by atoms with van der Waals surface area (Å²) in [6.07, 6.45) is 0. The summed E-state index contributed by atoms with van der Waals surface area (Å²) in [7, 11) is 1.58. The number of ether oxygens (including phenoxy) is 2. The third-order valence-corrected chi connectivity index (χ3v) is 2.22. The first kappa shape index (κ1) is 11.0. The number of rotatable bonds is 4. The molecule has 76 valence electrons. The third-order valence-electron chi connectivity index (χ3n) is 1.56. The molecular formula is C10H11BrO3. The number of ketones is 1. The van der Waals surface area contributed by atoms with Crippen LogP contribution in [0.1, 0.15) is 6.92 Å². The van der Waals surface area contributed by atoms with Gasteiger partial charge in [0.2, 0.25) is 0 Å². The van der Waals surface area contributed by atoms with Crippen LogP contribution in [0, 0.1) is 0 Å².